The van der Waals surface area contributed by atoms with E-state index in [9.17, 15) is 34.8 Å². The summed E-state index contributed by atoms with van der Waals surface area (Å²) >= 11 is 0. The van der Waals surface area contributed by atoms with E-state index in [1.165, 1.54) is 11.0 Å². The summed E-state index contributed by atoms with van der Waals surface area (Å²) in [7, 11) is 3.11. The monoisotopic (exact) mass is 452 g/mol. The number of likely N-dealkylation sites (N-methyl/N-ethyl adjacent to an activating group) is 1. The number of aromatic hydroxyl groups is 1. The van der Waals surface area contributed by atoms with Gasteiger partial charge in [-0.25, -0.2) is 0 Å². The summed E-state index contributed by atoms with van der Waals surface area (Å²) in [5.41, 5.74) is 2.81. The number of benzene rings is 1. The van der Waals surface area contributed by atoms with Gasteiger partial charge in [0, 0.05) is 17.1 Å². The molecule has 3 aliphatic carbocycles. The van der Waals surface area contributed by atoms with E-state index in [0.717, 1.165) is 0 Å². The molecule has 0 aromatic heterocycles. The molecule has 1 fully saturated rings. The number of fused-ring (bicyclic) bond motifs is 3. The number of nitrogens with two attached hydrogens (primary N) is 1. The second-order valence-corrected chi connectivity index (χ2v) is 8.82. The number of hydrogen-bond acceptors (Lipinski definition) is 8. The van der Waals surface area contributed by atoms with Crippen molar-refractivity contribution in [3.63, 3.8) is 0 Å². The zero-order valence-corrected chi connectivity index (χ0v) is 18.3. The molecule has 0 aliphatic heterocycles. The molecular weight excluding hydrogens is 428 g/mol. The van der Waals surface area contributed by atoms with Gasteiger partial charge in [0.2, 0.25) is 5.78 Å². The molecule has 2 unspecified atom stereocenters. The number of carbonyl (C=O) groups is 3. The first-order chi connectivity index (χ1) is 15.5. The van der Waals surface area contributed by atoms with Crippen molar-refractivity contribution in [3.8, 4) is 17.6 Å². The lowest BCUT2D eigenvalue weighted by atomic mass is 9.57. The van der Waals surface area contributed by atoms with Crippen LogP contribution in [0.4, 0.5) is 0 Å². The van der Waals surface area contributed by atoms with Crippen LogP contribution >= 0.6 is 0 Å². The number of rotatable bonds is 2. The van der Waals surface area contributed by atoms with E-state index in [-0.39, 0.29) is 29.7 Å². The molecule has 3 aliphatic rings. The van der Waals surface area contributed by atoms with Crippen LogP contribution in [-0.4, -0.2) is 68.5 Å². The number of carbonyl (C=O) groups excluding carboxylic acids is 3. The van der Waals surface area contributed by atoms with E-state index >= 15 is 0 Å². The molecule has 0 heterocycles. The maximum Gasteiger partial charge on any atom is 0.255 e. The number of phenols is 1. The topological polar surface area (TPSA) is 161 Å². The number of phenolic OH excluding ortho intramolecular Hbond substituents is 1. The van der Waals surface area contributed by atoms with E-state index < -0.39 is 58.0 Å². The van der Waals surface area contributed by atoms with Crippen LogP contribution < -0.4 is 5.73 Å². The minimum Gasteiger partial charge on any atom is -0.508 e. The lowest BCUT2D eigenvalue weighted by Gasteiger charge is -2.50. The number of ketones is 2. The molecule has 6 N–H and O–H groups in total. The molecular formula is C24H24N2O7. The quantitative estimate of drug-likeness (QED) is 0.317. The van der Waals surface area contributed by atoms with Crippen molar-refractivity contribution in [2.45, 2.75) is 31.4 Å². The van der Waals surface area contributed by atoms with Gasteiger partial charge in [-0.05, 0) is 57.5 Å². The van der Waals surface area contributed by atoms with Crippen LogP contribution in [0, 0.1) is 23.7 Å². The van der Waals surface area contributed by atoms with Gasteiger partial charge in [0.15, 0.2) is 11.4 Å². The van der Waals surface area contributed by atoms with Crippen LogP contribution in [0.25, 0.3) is 5.76 Å². The Bertz CT molecular complexity index is 1250. The molecule has 4 rings (SSSR count). The minimum absolute atomic E-state index is 0.0338. The SMILES string of the molecule is CC#Cc1ccc(O)c2c1CC1CC3[C@H](N(C)C)C(=O)C(C(N)=O)=C(O)[C@@]3(O)C(=O)C1=C2O. The fraction of sp³-hybridized carbons (Fsp3) is 0.375. The summed E-state index contributed by atoms with van der Waals surface area (Å²) < 4.78 is 0. The summed E-state index contributed by atoms with van der Waals surface area (Å²) in [4.78, 5) is 40.1. The number of amides is 1. The summed E-state index contributed by atoms with van der Waals surface area (Å²) in [6.45, 7) is 1.65. The molecule has 172 valence electrons. The highest BCUT2D eigenvalue weighted by molar-refractivity contribution is 6.24. The lowest BCUT2D eigenvalue weighted by molar-refractivity contribution is -0.153. The zero-order valence-electron chi connectivity index (χ0n) is 18.3. The summed E-state index contributed by atoms with van der Waals surface area (Å²) in [5, 5.41) is 43.8. The van der Waals surface area contributed by atoms with Gasteiger partial charge in [0.25, 0.3) is 5.91 Å². The Morgan fingerprint density at radius 2 is 1.88 bits per heavy atom. The van der Waals surface area contributed by atoms with Crippen LogP contribution in [-0.2, 0) is 20.8 Å². The molecule has 0 spiro atoms. The molecule has 0 radical (unpaired) electrons. The predicted molar refractivity (Wildman–Crippen MR) is 117 cm³/mol. The first kappa shape index (κ1) is 22.6. The third-order valence-electron chi connectivity index (χ3n) is 6.86. The zero-order chi connectivity index (χ0) is 24.4. The van der Waals surface area contributed by atoms with Crippen molar-refractivity contribution in [2.75, 3.05) is 14.1 Å². The molecule has 9 heteroatoms. The molecule has 33 heavy (non-hydrogen) atoms. The maximum absolute atomic E-state index is 13.7. The molecule has 0 saturated heterocycles. The molecule has 1 aromatic rings. The Morgan fingerprint density at radius 3 is 2.45 bits per heavy atom. The number of aliphatic hydroxyl groups excluding tert-OH is 2. The van der Waals surface area contributed by atoms with Crippen LogP contribution in [0.3, 0.4) is 0 Å². The molecule has 4 atom stereocenters. The van der Waals surface area contributed by atoms with Crippen molar-refractivity contribution in [1.82, 2.24) is 4.90 Å². The Balaban J connectivity index is 2.00. The first-order valence-corrected chi connectivity index (χ1v) is 10.4. The van der Waals surface area contributed by atoms with E-state index in [1.54, 1.807) is 27.1 Å². The van der Waals surface area contributed by atoms with Gasteiger partial charge in [-0.2, -0.15) is 0 Å². The number of Topliss-reactive ketones (excluding diaryl/α,β-unsaturated/α-hetero) is 2. The van der Waals surface area contributed by atoms with Crippen molar-refractivity contribution in [2.24, 2.45) is 17.6 Å². The Kier molecular flexibility index (Phi) is 5.11. The average Bonchev–Trinajstić information content (AvgIpc) is 2.72. The van der Waals surface area contributed by atoms with Crippen LogP contribution in [0.15, 0.2) is 29.0 Å². The van der Waals surface area contributed by atoms with Crippen molar-refractivity contribution in [3.05, 3.63) is 45.7 Å². The molecule has 1 aromatic carbocycles. The molecule has 1 saturated carbocycles. The molecule has 0 bridgehead atoms. The summed E-state index contributed by atoms with van der Waals surface area (Å²) in [5.74, 6) is -0.991. The molecule has 9 nitrogen and oxygen atoms in total. The van der Waals surface area contributed by atoms with Crippen LogP contribution in [0.1, 0.15) is 30.0 Å². The maximum atomic E-state index is 13.7. The van der Waals surface area contributed by atoms with Crippen LogP contribution in [0.2, 0.25) is 0 Å². The largest absolute Gasteiger partial charge is 0.508 e. The second kappa shape index (κ2) is 7.47. The van der Waals surface area contributed by atoms with Gasteiger partial charge in [0.05, 0.1) is 11.6 Å². The predicted octanol–water partition coefficient (Wildman–Crippen LogP) is 0.335. The standard InChI is InChI=1S/C24H24N2O7/c1-4-5-10-6-7-14(27)16-12(10)8-11-9-13-18(26(2)3)20(29)17(23(25)32)22(31)24(13,33)21(30)15(11)19(16)28/h6-7,11,13,18,27-28,31,33H,8-9H2,1-3H3,(H2,25,32)/t11?,13?,18-,24-/m0/s1. The normalized spacial score (nSPS) is 28.7. The van der Waals surface area contributed by atoms with Gasteiger partial charge in [0.1, 0.15) is 22.8 Å². The smallest absolute Gasteiger partial charge is 0.255 e. The highest BCUT2D eigenvalue weighted by atomic mass is 16.3. The van der Waals surface area contributed by atoms with E-state index in [1.807, 2.05) is 0 Å². The minimum atomic E-state index is -2.64. The summed E-state index contributed by atoms with van der Waals surface area (Å²) in [6, 6.07) is 1.86. The highest BCUT2D eigenvalue weighted by Gasteiger charge is 2.64. The number of aliphatic hydroxyl groups is 3. The Hall–Kier alpha value is -3.61. The third-order valence-corrected chi connectivity index (χ3v) is 6.86. The van der Waals surface area contributed by atoms with Crippen molar-refractivity contribution >= 4 is 23.2 Å². The highest BCUT2D eigenvalue weighted by Crippen LogP contribution is 2.52. The number of nitrogens with zero attached hydrogens (tertiary/aromatic N) is 1. The van der Waals surface area contributed by atoms with Gasteiger partial charge >= 0.3 is 0 Å². The van der Waals surface area contributed by atoms with Crippen molar-refractivity contribution < 1.29 is 34.8 Å². The van der Waals surface area contributed by atoms with E-state index in [0.29, 0.717) is 11.1 Å². The Labute approximate surface area is 189 Å². The lowest BCUT2D eigenvalue weighted by Crippen LogP contribution is -2.65. The van der Waals surface area contributed by atoms with Gasteiger partial charge in [-0.3, -0.25) is 19.3 Å². The fourth-order valence-corrected chi connectivity index (χ4v) is 5.50. The van der Waals surface area contributed by atoms with E-state index in [4.69, 9.17) is 5.73 Å². The second-order valence-electron chi connectivity index (χ2n) is 8.82. The third kappa shape index (κ3) is 2.91. The first-order valence-electron chi connectivity index (χ1n) is 10.4. The van der Waals surface area contributed by atoms with E-state index in [2.05, 4.69) is 11.8 Å². The van der Waals surface area contributed by atoms with Gasteiger partial charge < -0.3 is 26.2 Å². The fourth-order valence-electron chi connectivity index (χ4n) is 5.50. The number of hydrogen-bond donors (Lipinski definition) is 5. The van der Waals surface area contributed by atoms with Gasteiger partial charge in [-0.15, -0.1) is 5.92 Å². The average molecular weight is 452 g/mol. The number of primary amides is 1. The summed E-state index contributed by atoms with van der Waals surface area (Å²) in [6.07, 6.45) is 0.257. The van der Waals surface area contributed by atoms with Crippen LogP contribution in [0.5, 0.6) is 5.75 Å². The van der Waals surface area contributed by atoms with Crippen molar-refractivity contribution in [1.29, 1.82) is 0 Å². The molecule has 1 amide bonds. The Morgan fingerprint density at radius 1 is 1.21 bits per heavy atom. The van der Waals surface area contributed by atoms with Gasteiger partial charge in [-0.1, -0.05) is 5.92 Å².